The Morgan fingerprint density at radius 1 is 0.882 bits per heavy atom. The normalized spacial score (nSPS) is 45.5. The molecule has 1 heterocycles. The molecule has 0 radical (unpaired) electrons. The van der Waals surface area contributed by atoms with Crippen LogP contribution in [0.25, 0.3) is 0 Å². The van der Waals surface area contributed by atoms with Gasteiger partial charge in [-0.25, -0.2) is 0 Å². The Hall–Kier alpha value is -0.0800. The molecule has 3 aliphatic rings. The van der Waals surface area contributed by atoms with E-state index >= 15 is 0 Å². The molecule has 3 fully saturated rings. The molecule has 0 aromatic heterocycles. The van der Waals surface area contributed by atoms with Crippen LogP contribution >= 0.6 is 0 Å². The Morgan fingerprint density at radius 2 is 1.65 bits per heavy atom. The van der Waals surface area contributed by atoms with E-state index in [9.17, 15) is 5.11 Å². The lowest BCUT2D eigenvalue weighted by Crippen LogP contribution is -2.62. The quantitative estimate of drug-likeness (QED) is 0.696. The van der Waals surface area contributed by atoms with Gasteiger partial charge < -0.3 is 9.59 Å². The zero-order chi connectivity index (χ0) is 11.9. The predicted octanol–water partition coefficient (Wildman–Crippen LogP) is 2.56. The molecule has 0 aromatic rings. The fraction of sp³-hybridized carbons (Fsp3) is 1.00. The molecule has 2 saturated carbocycles. The lowest BCUT2D eigenvalue weighted by Gasteiger charge is -2.53. The van der Waals surface area contributed by atoms with Crippen molar-refractivity contribution in [3.8, 4) is 0 Å². The summed E-state index contributed by atoms with van der Waals surface area (Å²) in [5, 5.41) is 10.5. The van der Waals surface area contributed by atoms with Crippen molar-refractivity contribution in [2.75, 3.05) is 20.1 Å². The van der Waals surface area contributed by atoms with Crippen LogP contribution in [0.4, 0.5) is 0 Å². The third-order valence-electron chi connectivity index (χ3n) is 6.00. The van der Waals surface area contributed by atoms with Gasteiger partial charge in [0.1, 0.15) is 0 Å². The van der Waals surface area contributed by atoms with E-state index < -0.39 is 0 Å². The number of hydrogen-bond donors (Lipinski definition) is 1. The number of rotatable bonds is 1. The number of piperidine rings is 1. The molecule has 0 aromatic carbocycles. The highest BCUT2D eigenvalue weighted by molar-refractivity contribution is 4.92. The summed E-state index contributed by atoms with van der Waals surface area (Å²) >= 11 is 0. The van der Waals surface area contributed by atoms with Gasteiger partial charge in [-0.15, -0.1) is 0 Å². The summed E-state index contributed by atoms with van der Waals surface area (Å²) in [4.78, 5) is 0. The van der Waals surface area contributed by atoms with Crippen LogP contribution in [0.3, 0.4) is 0 Å². The minimum atomic E-state index is 0.0272. The first-order valence-electron chi connectivity index (χ1n) is 7.73. The van der Waals surface area contributed by atoms with Crippen molar-refractivity contribution in [2.24, 2.45) is 11.8 Å². The van der Waals surface area contributed by atoms with Crippen molar-refractivity contribution >= 4 is 0 Å². The van der Waals surface area contributed by atoms with Gasteiger partial charge in [0.2, 0.25) is 0 Å². The number of fused-ring (bicyclic) bond motifs is 2. The maximum atomic E-state index is 10.5. The third kappa shape index (κ3) is 2.04. The third-order valence-corrected chi connectivity index (χ3v) is 6.00. The number of aliphatic hydroxyl groups is 1. The number of quaternary nitrogens is 1. The van der Waals surface area contributed by atoms with Gasteiger partial charge >= 0.3 is 0 Å². The molecule has 2 aliphatic carbocycles. The van der Waals surface area contributed by atoms with E-state index in [0.29, 0.717) is 11.8 Å². The molecule has 1 N–H and O–H groups in total. The SMILES string of the molecule is C[N+]1([C@H]2CC[C@@H]3CCC[C@H]2[C@@H]3O)CCCCC1. The topological polar surface area (TPSA) is 20.2 Å². The Bertz CT molecular complexity index is 272. The first kappa shape index (κ1) is 12.0. The summed E-state index contributed by atoms with van der Waals surface area (Å²) in [6.07, 6.45) is 10.9. The molecular formula is C15H28NO+. The van der Waals surface area contributed by atoms with Gasteiger partial charge in [-0.1, -0.05) is 6.42 Å². The van der Waals surface area contributed by atoms with E-state index in [-0.39, 0.29) is 6.10 Å². The highest BCUT2D eigenvalue weighted by Crippen LogP contribution is 2.44. The van der Waals surface area contributed by atoms with Crippen LogP contribution < -0.4 is 0 Å². The van der Waals surface area contributed by atoms with E-state index in [2.05, 4.69) is 7.05 Å². The summed E-state index contributed by atoms with van der Waals surface area (Å²) in [6.45, 7) is 2.72. The highest BCUT2D eigenvalue weighted by atomic mass is 16.3. The van der Waals surface area contributed by atoms with Gasteiger partial charge in [-0.05, 0) is 44.4 Å². The van der Waals surface area contributed by atoms with E-state index in [1.165, 1.54) is 68.9 Å². The van der Waals surface area contributed by atoms with Crippen LogP contribution in [0.15, 0.2) is 0 Å². The molecule has 17 heavy (non-hydrogen) atoms. The fourth-order valence-electron chi connectivity index (χ4n) is 4.98. The lowest BCUT2D eigenvalue weighted by molar-refractivity contribution is -0.943. The molecule has 2 heteroatoms. The summed E-state index contributed by atoms with van der Waals surface area (Å²) in [7, 11) is 2.46. The van der Waals surface area contributed by atoms with Crippen molar-refractivity contribution < 1.29 is 9.59 Å². The monoisotopic (exact) mass is 238 g/mol. The minimum Gasteiger partial charge on any atom is -0.392 e. The molecular weight excluding hydrogens is 210 g/mol. The second kappa shape index (κ2) is 4.55. The second-order valence-corrected chi connectivity index (χ2v) is 6.98. The van der Waals surface area contributed by atoms with Crippen LogP contribution in [0, 0.1) is 11.8 Å². The smallest absolute Gasteiger partial charge is 0.0941 e. The molecule has 3 rings (SSSR count). The molecule has 2 nitrogen and oxygen atoms in total. The first-order chi connectivity index (χ1) is 8.21. The van der Waals surface area contributed by atoms with Crippen LogP contribution in [0.1, 0.15) is 51.4 Å². The van der Waals surface area contributed by atoms with Gasteiger partial charge in [0.15, 0.2) is 0 Å². The van der Waals surface area contributed by atoms with Gasteiger partial charge in [0, 0.05) is 12.3 Å². The minimum absolute atomic E-state index is 0.0272. The average Bonchev–Trinajstić information content (AvgIpc) is 2.29. The van der Waals surface area contributed by atoms with Crippen LogP contribution in [0.5, 0.6) is 0 Å². The predicted molar refractivity (Wildman–Crippen MR) is 69.6 cm³/mol. The highest BCUT2D eigenvalue weighted by Gasteiger charge is 2.48. The lowest BCUT2D eigenvalue weighted by atomic mass is 9.66. The zero-order valence-electron chi connectivity index (χ0n) is 11.3. The van der Waals surface area contributed by atoms with Gasteiger partial charge in [-0.3, -0.25) is 0 Å². The number of aliphatic hydroxyl groups excluding tert-OH is 1. The Labute approximate surface area is 106 Å². The first-order valence-corrected chi connectivity index (χ1v) is 7.73. The standard InChI is InChI=1S/C15H28NO/c1-16(10-3-2-4-11-16)14-9-8-12-6-5-7-13(14)15(12)17/h12-15,17H,2-11H2,1H3/q+1/t12-,13+,14-,15+/m0/s1. The van der Waals surface area contributed by atoms with Crippen LogP contribution in [0.2, 0.25) is 0 Å². The Morgan fingerprint density at radius 3 is 2.41 bits per heavy atom. The maximum Gasteiger partial charge on any atom is 0.0941 e. The Kier molecular flexibility index (Phi) is 3.20. The molecule has 0 amide bonds. The van der Waals surface area contributed by atoms with E-state index in [1.807, 2.05) is 0 Å². The maximum absolute atomic E-state index is 10.5. The largest absolute Gasteiger partial charge is 0.392 e. The van der Waals surface area contributed by atoms with E-state index in [4.69, 9.17) is 0 Å². The fourth-order valence-corrected chi connectivity index (χ4v) is 4.98. The van der Waals surface area contributed by atoms with Crippen molar-refractivity contribution in [1.82, 2.24) is 0 Å². The molecule has 0 unspecified atom stereocenters. The van der Waals surface area contributed by atoms with Crippen molar-refractivity contribution in [1.29, 1.82) is 0 Å². The number of nitrogens with zero attached hydrogens (tertiary/aromatic N) is 1. The Balaban J connectivity index is 1.77. The van der Waals surface area contributed by atoms with Crippen molar-refractivity contribution in [3.63, 3.8) is 0 Å². The molecule has 1 aliphatic heterocycles. The van der Waals surface area contributed by atoms with Crippen molar-refractivity contribution in [2.45, 2.75) is 63.5 Å². The van der Waals surface area contributed by atoms with Crippen molar-refractivity contribution in [3.05, 3.63) is 0 Å². The average molecular weight is 238 g/mol. The summed E-state index contributed by atoms with van der Waals surface area (Å²) in [6, 6.07) is 0.766. The number of likely N-dealkylation sites (tertiary alicyclic amines) is 1. The molecule has 0 spiro atoms. The second-order valence-electron chi connectivity index (χ2n) is 6.98. The van der Waals surface area contributed by atoms with Crippen LogP contribution in [-0.4, -0.2) is 41.9 Å². The summed E-state index contributed by atoms with van der Waals surface area (Å²) in [5.74, 6) is 1.26. The summed E-state index contributed by atoms with van der Waals surface area (Å²) in [5.41, 5.74) is 0. The molecule has 1 saturated heterocycles. The summed E-state index contributed by atoms with van der Waals surface area (Å²) < 4.78 is 1.27. The van der Waals surface area contributed by atoms with E-state index in [1.54, 1.807) is 0 Å². The molecule has 4 atom stereocenters. The van der Waals surface area contributed by atoms with Gasteiger partial charge in [-0.2, -0.15) is 0 Å². The zero-order valence-corrected chi connectivity index (χ0v) is 11.3. The molecule has 2 bridgehead atoms. The van der Waals surface area contributed by atoms with Gasteiger partial charge in [0.05, 0.1) is 32.3 Å². The van der Waals surface area contributed by atoms with E-state index in [0.717, 1.165) is 6.04 Å². The number of hydrogen-bond acceptors (Lipinski definition) is 1. The van der Waals surface area contributed by atoms with Crippen LogP contribution in [-0.2, 0) is 0 Å². The molecule has 98 valence electrons. The van der Waals surface area contributed by atoms with Gasteiger partial charge in [0.25, 0.3) is 0 Å².